The number of rotatable bonds is 7. The van der Waals surface area contributed by atoms with E-state index >= 15 is 0 Å². The highest BCUT2D eigenvalue weighted by Crippen LogP contribution is 2.27. The molecule has 2 rings (SSSR count). The van der Waals surface area contributed by atoms with Gasteiger partial charge >= 0.3 is 0 Å². The van der Waals surface area contributed by atoms with Crippen LogP contribution in [-0.4, -0.2) is 44.4 Å². The van der Waals surface area contributed by atoms with Gasteiger partial charge in [-0.05, 0) is 43.9 Å². The molecule has 0 radical (unpaired) electrons. The highest BCUT2D eigenvalue weighted by molar-refractivity contribution is 7.99. The van der Waals surface area contributed by atoms with Crippen molar-refractivity contribution < 1.29 is 9.90 Å². The van der Waals surface area contributed by atoms with Crippen LogP contribution < -0.4 is 5.32 Å². The van der Waals surface area contributed by atoms with Gasteiger partial charge in [0.2, 0.25) is 5.91 Å². The quantitative estimate of drug-likeness (QED) is 0.798. The Hall–Kier alpha value is -1.01. The van der Waals surface area contributed by atoms with E-state index in [4.69, 9.17) is 0 Å². The Morgan fingerprint density at radius 1 is 1.48 bits per heavy atom. The molecule has 0 spiro atoms. The molecule has 2 N–H and O–H groups in total. The average Bonchev–Trinajstić information content (AvgIpc) is 3.01. The number of aliphatic hydroxyl groups is 1. The van der Waals surface area contributed by atoms with E-state index in [1.807, 2.05) is 11.6 Å². The monoisotopic (exact) mass is 339 g/mol. The molecule has 0 aromatic carbocycles. The maximum atomic E-state index is 12.1. The lowest BCUT2D eigenvalue weighted by Crippen LogP contribution is -2.43. The molecule has 0 saturated carbocycles. The standard InChI is InChI=1S/C17H29N3O2S/c1-12(2)9-20-14(4)15(13(3)19-20)5-6-16(21)18-10-17(22)7-8-23-11-17/h12,22H,5-11H2,1-4H3,(H,18,21). The molecule has 0 bridgehead atoms. The number of nitrogens with zero attached hydrogens (tertiary/aromatic N) is 2. The summed E-state index contributed by atoms with van der Waals surface area (Å²) in [5, 5.41) is 17.7. The summed E-state index contributed by atoms with van der Waals surface area (Å²) < 4.78 is 2.05. The van der Waals surface area contributed by atoms with Gasteiger partial charge in [0, 0.05) is 31.0 Å². The summed E-state index contributed by atoms with van der Waals surface area (Å²) in [6, 6.07) is 0. The molecule has 1 aliphatic rings. The Balaban J connectivity index is 1.85. The number of hydrogen-bond donors (Lipinski definition) is 2. The first-order valence-electron chi connectivity index (χ1n) is 8.40. The summed E-state index contributed by atoms with van der Waals surface area (Å²) in [6.45, 7) is 9.71. The lowest BCUT2D eigenvalue weighted by atomic mass is 10.0. The molecule has 1 atom stereocenters. The van der Waals surface area contributed by atoms with Crippen LogP contribution in [-0.2, 0) is 17.8 Å². The van der Waals surface area contributed by atoms with Crippen LogP contribution in [0.15, 0.2) is 0 Å². The largest absolute Gasteiger partial charge is 0.387 e. The first-order valence-corrected chi connectivity index (χ1v) is 9.56. The molecule has 5 nitrogen and oxygen atoms in total. The van der Waals surface area contributed by atoms with Gasteiger partial charge in [-0.25, -0.2) is 0 Å². The summed E-state index contributed by atoms with van der Waals surface area (Å²) in [6.07, 6.45) is 1.91. The summed E-state index contributed by atoms with van der Waals surface area (Å²) >= 11 is 1.74. The maximum absolute atomic E-state index is 12.1. The van der Waals surface area contributed by atoms with E-state index in [2.05, 4.69) is 31.2 Å². The van der Waals surface area contributed by atoms with Gasteiger partial charge in [0.15, 0.2) is 0 Å². The number of nitrogens with one attached hydrogen (secondary N) is 1. The number of hydrogen-bond acceptors (Lipinski definition) is 4. The van der Waals surface area contributed by atoms with Gasteiger partial charge in [-0.2, -0.15) is 16.9 Å². The van der Waals surface area contributed by atoms with E-state index in [1.54, 1.807) is 11.8 Å². The van der Waals surface area contributed by atoms with Crippen molar-refractivity contribution in [1.82, 2.24) is 15.1 Å². The molecule has 0 aliphatic carbocycles. The number of carbonyl (C=O) groups is 1. The Morgan fingerprint density at radius 2 is 2.22 bits per heavy atom. The number of amides is 1. The van der Waals surface area contributed by atoms with E-state index in [1.165, 1.54) is 5.56 Å². The second-order valence-corrected chi connectivity index (χ2v) is 8.13. The predicted molar refractivity (Wildman–Crippen MR) is 94.8 cm³/mol. The normalized spacial score (nSPS) is 21.1. The van der Waals surface area contributed by atoms with Crippen LogP contribution in [0.1, 0.15) is 43.6 Å². The molecule has 6 heteroatoms. The molecular formula is C17H29N3O2S. The molecule has 1 aromatic heterocycles. The van der Waals surface area contributed by atoms with Crippen LogP contribution in [0.3, 0.4) is 0 Å². The zero-order valence-electron chi connectivity index (χ0n) is 14.7. The SMILES string of the molecule is Cc1nn(CC(C)C)c(C)c1CCC(=O)NCC1(O)CCSC1. The van der Waals surface area contributed by atoms with Crippen LogP contribution in [0.4, 0.5) is 0 Å². The lowest BCUT2D eigenvalue weighted by Gasteiger charge is -2.21. The van der Waals surface area contributed by atoms with Gasteiger partial charge in [-0.15, -0.1) is 0 Å². The van der Waals surface area contributed by atoms with Crippen molar-refractivity contribution in [1.29, 1.82) is 0 Å². The zero-order chi connectivity index (χ0) is 17.0. The lowest BCUT2D eigenvalue weighted by molar-refractivity contribution is -0.122. The van der Waals surface area contributed by atoms with Crippen molar-refractivity contribution in [3.8, 4) is 0 Å². The number of aryl methyl sites for hydroxylation is 1. The van der Waals surface area contributed by atoms with Gasteiger partial charge in [0.1, 0.15) is 0 Å². The van der Waals surface area contributed by atoms with Crippen LogP contribution in [0.5, 0.6) is 0 Å². The van der Waals surface area contributed by atoms with Crippen molar-refractivity contribution in [3.05, 3.63) is 17.0 Å². The van der Waals surface area contributed by atoms with Crippen molar-refractivity contribution >= 4 is 17.7 Å². The third kappa shape index (κ3) is 4.98. The molecule has 1 amide bonds. The minimum absolute atomic E-state index is 0.00531. The third-order valence-electron chi connectivity index (χ3n) is 4.37. The van der Waals surface area contributed by atoms with E-state index < -0.39 is 5.60 Å². The fourth-order valence-corrected chi connectivity index (χ4v) is 4.24. The van der Waals surface area contributed by atoms with E-state index in [-0.39, 0.29) is 5.91 Å². The topological polar surface area (TPSA) is 67.2 Å². The minimum Gasteiger partial charge on any atom is -0.387 e. The van der Waals surface area contributed by atoms with Crippen molar-refractivity contribution in [2.24, 2.45) is 5.92 Å². The smallest absolute Gasteiger partial charge is 0.220 e. The summed E-state index contributed by atoms with van der Waals surface area (Å²) in [7, 11) is 0. The first-order chi connectivity index (χ1) is 10.8. The Morgan fingerprint density at radius 3 is 2.83 bits per heavy atom. The predicted octanol–water partition coefficient (Wildman–Crippen LogP) is 2.07. The second-order valence-electron chi connectivity index (χ2n) is 7.03. The molecule has 1 saturated heterocycles. The van der Waals surface area contributed by atoms with Gasteiger partial charge in [0.25, 0.3) is 0 Å². The second kappa shape index (κ2) is 7.71. The fourth-order valence-electron chi connectivity index (χ4n) is 2.95. The van der Waals surface area contributed by atoms with E-state index in [0.29, 0.717) is 31.1 Å². The molecule has 1 aliphatic heterocycles. The van der Waals surface area contributed by atoms with Crippen LogP contribution >= 0.6 is 11.8 Å². The van der Waals surface area contributed by atoms with Crippen molar-refractivity contribution in [2.75, 3.05) is 18.1 Å². The number of aromatic nitrogens is 2. The molecule has 130 valence electrons. The van der Waals surface area contributed by atoms with Crippen molar-refractivity contribution in [3.63, 3.8) is 0 Å². The molecule has 1 aromatic rings. The van der Waals surface area contributed by atoms with E-state index in [9.17, 15) is 9.90 Å². The minimum atomic E-state index is -0.714. The molecule has 23 heavy (non-hydrogen) atoms. The molecular weight excluding hydrogens is 310 g/mol. The Labute approximate surface area is 143 Å². The molecule has 1 fully saturated rings. The van der Waals surface area contributed by atoms with Gasteiger partial charge in [-0.1, -0.05) is 13.8 Å². The first kappa shape index (κ1) is 18.3. The third-order valence-corrected chi connectivity index (χ3v) is 5.60. The molecule has 2 heterocycles. The van der Waals surface area contributed by atoms with E-state index in [0.717, 1.165) is 30.1 Å². The fraction of sp³-hybridized carbons (Fsp3) is 0.765. The highest BCUT2D eigenvalue weighted by atomic mass is 32.2. The highest BCUT2D eigenvalue weighted by Gasteiger charge is 2.31. The summed E-state index contributed by atoms with van der Waals surface area (Å²) in [4.78, 5) is 12.1. The van der Waals surface area contributed by atoms with Crippen LogP contribution in [0.2, 0.25) is 0 Å². The Bertz CT molecular complexity index is 548. The van der Waals surface area contributed by atoms with Crippen LogP contribution in [0, 0.1) is 19.8 Å². The van der Waals surface area contributed by atoms with Crippen molar-refractivity contribution in [2.45, 2.75) is 59.1 Å². The van der Waals surface area contributed by atoms with Gasteiger partial charge in [-0.3, -0.25) is 9.48 Å². The maximum Gasteiger partial charge on any atom is 0.220 e. The molecule has 1 unspecified atom stereocenters. The van der Waals surface area contributed by atoms with Gasteiger partial charge < -0.3 is 10.4 Å². The van der Waals surface area contributed by atoms with Crippen LogP contribution in [0.25, 0.3) is 0 Å². The van der Waals surface area contributed by atoms with Gasteiger partial charge in [0.05, 0.1) is 11.3 Å². The summed E-state index contributed by atoms with van der Waals surface area (Å²) in [5.74, 6) is 2.24. The summed E-state index contributed by atoms with van der Waals surface area (Å²) in [5.41, 5.74) is 2.64. The zero-order valence-corrected chi connectivity index (χ0v) is 15.5. The number of thioether (sulfide) groups is 1. The Kier molecular flexibility index (Phi) is 6.14. The average molecular weight is 340 g/mol. The number of carbonyl (C=O) groups excluding carboxylic acids is 1.